The minimum absolute atomic E-state index is 0.0254. The van der Waals surface area contributed by atoms with Crippen molar-refractivity contribution in [3.8, 4) is 5.75 Å². The number of nitrogens with zero attached hydrogens (tertiary/aromatic N) is 1. The van der Waals surface area contributed by atoms with Crippen molar-refractivity contribution in [3.63, 3.8) is 0 Å². The Morgan fingerprint density at radius 2 is 1.68 bits per heavy atom. The van der Waals surface area contributed by atoms with Crippen molar-refractivity contribution in [2.24, 2.45) is 5.92 Å². The van der Waals surface area contributed by atoms with Gasteiger partial charge in [0.2, 0.25) is 0 Å². The quantitative estimate of drug-likeness (QED) is 0.747. The maximum Gasteiger partial charge on any atom is 0.118 e. The molecule has 0 aliphatic carbocycles. The molecule has 4 heteroatoms. The van der Waals surface area contributed by atoms with Gasteiger partial charge in [0.1, 0.15) is 5.75 Å². The van der Waals surface area contributed by atoms with Gasteiger partial charge in [-0.05, 0) is 35.6 Å². The van der Waals surface area contributed by atoms with Crippen LogP contribution >= 0.6 is 0 Å². The molecule has 1 aliphatic heterocycles. The maximum absolute atomic E-state index is 12.2. The van der Waals surface area contributed by atoms with E-state index in [0.717, 1.165) is 44.2 Å². The molecule has 2 aromatic rings. The van der Waals surface area contributed by atoms with Gasteiger partial charge in [0, 0.05) is 25.6 Å². The number of hydrogen-bond donors (Lipinski definition) is 1. The average Bonchev–Trinajstić information content (AvgIpc) is 2.73. The van der Waals surface area contributed by atoms with Crippen LogP contribution in [-0.2, 0) is 10.3 Å². The fourth-order valence-electron chi connectivity index (χ4n) is 4.22. The molecule has 1 fully saturated rings. The Morgan fingerprint density at radius 3 is 2.25 bits per heavy atom. The first-order valence-corrected chi connectivity index (χ1v) is 10.2. The first-order valence-electron chi connectivity index (χ1n) is 10.2. The summed E-state index contributed by atoms with van der Waals surface area (Å²) in [6, 6.07) is 18.3. The monoisotopic (exact) mass is 383 g/mol. The molecule has 0 saturated carbocycles. The SMILES string of the molecule is COc1ccc([C@@](O)(CC(C)C)[C@@H](CN2CCOCC2)c2ccccc2)cc1. The molecule has 4 nitrogen and oxygen atoms in total. The zero-order chi connectivity index (χ0) is 20.0. The topological polar surface area (TPSA) is 41.9 Å². The van der Waals surface area contributed by atoms with Gasteiger partial charge in [-0.15, -0.1) is 0 Å². The van der Waals surface area contributed by atoms with E-state index in [1.54, 1.807) is 7.11 Å². The van der Waals surface area contributed by atoms with E-state index < -0.39 is 5.60 Å². The third kappa shape index (κ3) is 4.93. The van der Waals surface area contributed by atoms with E-state index in [9.17, 15) is 5.11 Å². The molecule has 0 unspecified atom stereocenters. The Hall–Kier alpha value is -1.88. The van der Waals surface area contributed by atoms with Gasteiger partial charge in [-0.1, -0.05) is 56.3 Å². The van der Waals surface area contributed by atoms with Crippen molar-refractivity contribution in [1.82, 2.24) is 4.90 Å². The van der Waals surface area contributed by atoms with Crippen molar-refractivity contribution < 1.29 is 14.6 Å². The molecule has 3 rings (SSSR count). The van der Waals surface area contributed by atoms with Gasteiger partial charge in [-0.2, -0.15) is 0 Å². The van der Waals surface area contributed by atoms with E-state index in [4.69, 9.17) is 9.47 Å². The zero-order valence-corrected chi connectivity index (χ0v) is 17.3. The van der Waals surface area contributed by atoms with Gasteiger partial charge in [0.05, 0.1) is 25.9 Å². The molecule has 1 saturated heterocycles. The smallest absolute Gasteiger partial charge is 0.118 e. The number of benzene rings is 2. The Bertz CT molecular complexity index is 710. The maximum atomic E-state index is 12.2. The highest BCUT2D eigenvalue weighted by Crippen LogP contribution is 2.43. The number of morpholine rings is 1. The van der Waals surface area contributed by atoms with Crippen molar-refractivity contribution in [2.75, 3.05) is 40.0 Å². The summed E-state index contributed by atoms with van der Waals surface area (Å²) in [7, 11) is 1.67. The van der Waals surface area contributed by atoms with Crippen molar-refractivity contribution >= 4 is 0 Å². The molecule has 0 bridgehead atoms. The highest BCUT2D eigenvalue weighted by Gasteiger charge is 2.41. The summed E-state index contributed by atoms with van der Waals surface area (Å²) in [4.78, 5) is 2.41. The van der Waals surface area contributed by atoms with E-state index in [2.05, 4.69) is 43.0 Å². The van der Waals surface area contributed by atoms with Crippen LogP contribution in [0.5, 0.6) is 5.75 Å². The number of rotatable bonds is 8. The Labute approximate surface area is 169 Å². The van der Waals surface area contributed by atoms with Crippen molar-refractivity contribution in [2.45, 2.75) is 31.8 Å². The summed E-state index contributed by atoms with van der Waals surface area (Å²) in [6.07, 6.45) is 0.698. The van der Waals surface area contributed by atoms with Gasteiger partial charge in [-0.3, -0.25) is 4.90 Å². The molecule has 1 N–H and O–H groups in total. The van der Waals surface area contributed by atoms with Crippen LogP contribution in [0, 0.1) is 5.92 Å². The third-order valence-corrected chi connectivity index (χ3v) is 5.63. The molecule has 0 radical (unpaired) electrons. The fourth-order valence-corrected chi connectivity index (χ4v) is 4.22. The van der Waals surface area contributed by atoms with E-state index in [0.29, 0.717) is 12.3 Å². The second-order valence-corrected chi connectivity index (χ2v) is 8.13. The lowest BCUT2D eigenvalue weighted by atomic mass is 9.72. The number of methoxy groups -OCH3 is 1. The second kappa shape index (κ2) is 9.55. The predicted molar refractivity (Wildman–Crippen MR) is 113 cm³/mol. The molecule has 2 aromatic carbocycles. The third-order valence-electron chi connectivity index (χ3n) is 5.63. The number of aliphatic hydroxyl groups is 1. The number of hydrogen-bond acceptors (Lipinski definition) is 4. The van der Waals surface area contributed by atoms with Crippen LogP contribution < -0.4 is 4.74 Å². The summed E-state index contributed by atoms with van der Waals surface area (Å²) in [5, 5.41) is 12.2. The highest BCUT2D eigenvalue weighted by molar-refractivity contribution is 5.35. The molecular weight excluding hydrogens is 350 g/mol. The van der Waals surface area contributed by atoms with Gasteiger partial charge < -0.3 is 14.6 Å². The molecule has 0 amide bonds. The normalized spacial score (nSPS) is 18.6. The molecular formula is C24H33NO3. The second-order valence-electron chi connectivity index (χ2n) is 8.13. The molecule has 1 heterocycles. The minimum atomic E-state index is -0.958. The highest BCUT2D eigenvalue weighted by atomic mass is 16.5. The summed E-state index contributed by atoms with van der Waals surface area (Å²) in [5.41, 5.74) is 1.16. The van der Waals surface area contributed by atoms with Gasteiger partial charge in [-0.25, -0.2) is 0 Å². The van der Waals surface area contributed by atoms with E-state index in [1.165, 1.54) is 5.56 Å². The Balaban J connectivity index is 2.01. The van der Waals surface area contributed by atoms with Crippen molar-refractivity contribution in [3.05, 3.63) is 65.7 Å². The fraction of sp³-hybridized carbons (Fsp3) is 0.500. The Kier molecular flexibility index (Phi) is 7.11. The minimum Gasteiger partial charge on any atom is -0.497 e. The lowest BCUT2D eigenvalue weighted by molar-refractivity contribution is -0.0356. The van der Waals surface area contributed by atoms with Crippen LogP contribution in [-0.4, -0.2) is 50.0 Å². The van der Waals surface area contributed by atoms with E-state index in [1.807, 2.05) is 30.3 Å². The molecule has 0 aromatic heterocycles. The predicted octanol–water partition coefficient (Wildman–Crippen LogP) is 4.04. The van der Waals surface area contributed by atoms with Gasteiger partial charge >= 0.3 is 0 Å². The van der Waals surface area contributed by atoms with E-state index >= 15 is 0 Å². The van der Waals surface area contributed by atoms with E-state index in [-0.39, 0.29) is 5.92 Å². The Morgan fingerprint density at radius 1 is 1.04 bits per heavy atom. The van der Waals surface area contributed by atoms with Gasteiger partial charge in [0.25, 0.3) is 0 Å². The summed E-state index contributed by atoms with van der Waals surface area (Å²) in [5.74, 6) is 1.14. The summed E-state index contributed by atoms with van der Waals surface area (Å²) in [6.45, 7) is 8.48. The standard InChI is InChI=1S/C24H33NO3/c1-19(2)17-24(26,21-9-11-22(27-3)12-10-21)23(20-7-5-4-6-8-20)18-25-13-15-28-16-14-25/h4-12,19,23,26H,13-18H2,1-3H3/t23-,24-/m0/s1. The van der Waals surface area contributed by atoms with Crippen LogP contribution in [0.25, 0.3) is 0 Å². The molecule has 28 heavy (non-hydrogen) atoms. The largest absolute Gasteiger partial charge is 0.497 e. The molecule has 152 valence electrons. The number of ether oxygens (including phenoxy) is 2. The molecule has 0 spiro atoms. The average molecular weight is 384 g/mol. The van der Waals surface area contributed by atoms with Crippen LogP contribution in [0.3, 0.4) is 0 Å². The first-order chi connectivity index (χ1) is 13.5. The molecule has 2 atom stereocenters. The lowest BCUT2D eigenvalue weighted by Gasteiger charge is -2.42. The van der Waals surface area contributed by atoms with Crippen LogP contribution in [0.15, 0.2) is 54.6 Å². The first kappa shape index (κ1) is 20.8. The van der Waals surface area contributed by atoms with Crippen LogP contribution in [0.1, 0.15) is 37.3 Å². The van der Waals surface area contributed by atoms with Gasteiger partial charge in [0.15, 0.2) is 0 Å². The van der Waals surface area contributed by atoms with Crippen LogP contribution in [0.4, 0.5) is 0 Å². The van der Waals surface area contributed by atoms with Crippen LogP contribution in [0.2, 0.25) is 0 Å². The van der Waals surface area contributed by atoms with Crippen molar-refractivity contribution in [1.29, 1.82) is 0 Å². The lowest BCUT2D eigenvalue weighted by Crippen LogP contribution is -2.45. The summed E-state index contributed by atoms with van der Waals surface area (Å²) >= 11 is 0. The zero-order valence-electron chi connectivity index (χ0n) is 17.3. The summed E-state index contributed by atoms with van der Waals surface area (Å²) < 4.78 is 10.9. The molecule has 1 aliphatic rings.